The van der Waals surface area contributed by atoms with Gasteiger partial charge in [-0.3, -0.25) is 4.79 Å². The zero-order chi connectivity index (χ0) is 20.8. The molecule has 8 heteroatoms. The Morgan fingerprint density at radius 3 is 2.62 bits per heavy atom. The summed E-state index contributed by atoms with van der Waals surface area (Å²) < 4.78 is 2.01. The van der Waals surface area contributed by atoms with E-state index in [0.717, 1.165) is 27.9 Å². The average molecular weight is 430 g/mol. The lowest BCUT2D eigenvalue weighted by molar-refractivity contribution is -0.115. The van der Waals surface area contributed by atoms with E-state index in [0.29, 0.717) is 18.1 Å². The summed E-state index contributed by atoms with van der Waals surface area (Å²) in [7, 11) is 0. The van der Waals surface area contributed by atoms with Crippen LogP contribution in [-0.4, -0.2) is 25.9 Å². The third kappa shape index (κ3) is 5.74. The summed E-state index contributed by atoms with van der Waals surface area (Å²) in [6, 6.07) is 15.3. The van der Waals surface area contributed by atoms with E-state index >= 15 is 0 Å². The molecule has 152 valence electrons. The van der Waals surface area contributed by atoms with Crippen LogP contribution in [0.15, 0.2) is 53.7 Å². The second-order valence-electron chi connectivity index (χ2n) is 6.62. The molecule has 3 aromatic rings. The highest BCUT2D eigenvalue weighted by Crippen LogP contribution is 2.24. The number of anilines is 2. The molecule has 0 fully saturated rings. The minimum Gasteiger partial charge on any atom is -0.378 e. The molecule has 0 saturated carbocycles. The first-order chi connectivity index (χ1) is 14.0. The molecule has 0 bridgehead atoms. The first kappa shape index (κ1) is 21.2. The SMILES string of the molecule is CCn1c(CNc2cccc(Cl)c2)nnc1S[C@@H](C)C(=O)Nc1ccc(C)cc1. The Morgan fingerprint density at radius 2 is 1.93 bits per heavy atom. The minimum absolute atomic E-state index is 0.0666. The number of nitrogens with one attached hydrogen (secondary N) is 2. The van der Waals surface area contributed by atoms with Crippen molar-refractivity contribution in [3.05, 3.63) is 64.9 Å². The lowest BCUT2D eigenvalue weighted by atomic mass is 10.2. The van der Waals surface area contributed by atoms with Crippen LogP contribution in [0.2, 0.25) is 5.02 Å². The molecule has 0 radical (unpaired) electrons. The monoisotopic (exact) mass is 429 g/mol. The van der Waals surface area contributed by atoms with Gasteiger partial charge in [0, 0.05) is 22.9 Å². The highest BCUT2D eigenvalue weighted by Gasteiger charge is 2.19. The summed E-state index contributed by atoms with van der Waals surface area (Å²) in [5, 5.41) is 15.9. The second kappa shape index (κ2) is 9.80. The quantitative estimate of drug-likeness (QED) is 0.493. The molecular weight excluding hydrogens is 406 g/mol. The van der Waals surface area contributed by atoms with E-state index in [1.165, 1.54) is 11.8 Å². The Hall–Kier alpha value is -2.51. The molecule has 29 heavy (non-hydrogen) atoms. The zero-order valence-electron chi connectivity index (χ0n) is 16.6. The third-order valence-electron chi connectivity index (χ3n) is 4.36. The van der Waals surface area contributed by atoms with E-state index in [4.69, 9.17) is 11.6 Å². The van der Waals surface area contributed by atoms with Gasteiger partial charge in [-0.2, -0.15) is 0 Å². The Labute approximate surface area is 180 Å². The molecular formula is C21H24ClN5OS. The molecule has 6 nitrogen and oxygen atoms in total. The number of amides is 1. The van der Waals surface area contributed by atoms with E-state index < -0.39 is 0 Å². The fourth-order valence-electron chi connectivity index (χ4n) is 2.73. The average Bonchev–Trinajstić information content (AvgIpc) is 3.09. The number of halogens is 1. The van der Waals surface area contributed by atoms with Gasteiger partial charge in [0.2, 0.25) is 5.91 Å². The number of carbonyl (C=O) groups excluding carboxylic acids is 1. The number of nitrogens with zero attached hydrogens (tertiary/aromatic N) is 3. The van der Waals surface area contributed by atoms with Gasteiger partial charge < -0.3 is 15.2 Å². The van der Waals surface area contributed by atoms with Crippen molar-refractivity contribution in [3.8, 4) is 0 Å². The fourth-order valence-corrected chi connectivity index (χ4v) is 3.85. The first-order valence-corrected chi connectivity index (χ1v) is 10.7. The Balaban J connectivity index is 1.62. The third-order valence-corrected chi connectivity index (χ3v) is 5.67. The van der Waals surface area contributed by atoms with Crippen LogP contribution in [0.5, 0.6) is 0 Å². The van der Waals surface area contributed by atoms with Crippen molar-refractivity contribution in [2.24, 2.45) is 0 Å². The van der Waals surface area contributed by atoms with Gasteiger partial charge >= 0.3 is 0 Å². The molecule has 0 saturated heterocycles. The molecule has 3 rings (SSSR count). The van der Waals surface area contributed by atoms with Gasteiger partial charge in [-0.25, -0.2) is 0 Å². The maximum absolute atomic E-state index is 12.5. The van der Waals surface area contributed by atoms with E-state index in [2.05, 4.69) is 20.8 Å². The molecule has 1 atom stereocenters. The van der Waals surface area contributed by atoms with E-state index in [1.807, 2.05) is 73.9 Å². The highest BCUT2D eigenvalue weighted by molar-refractivity contribution is 8.00. The van der Waals surface area contributed by atoms with Crippen LogP contribution in [0.25, 0.3) is 0 Å². The summed E-state index contributed by atoms with van der Waals surface area (Å²) in [5.41, 5.74) is 2.86. The number of thioether (sulfide) groups is 1. The van der Waals surface area contributed by atoms with Crippen molar-refractivity contribution in [3.63, 3.8) is 0 Å². The normalized spacial score (nSPS) is 11.9. The van der Waals surface area contributed by atoms with Crippen LogP contribution in [0, 0.1) is 6.92 Å². The molecule has 2 aromatic carbocycles. The van der Waals surface area contributed by atoms with Gasteiger partial charge in [-0.15, -0.1) is 10.2 Å². The van der Waals surface area contributed by atoms with E-state index in [-0.39, 0.29) is 11.2 Å². The van der Waals surface area contributed by atoms with Crippen LogP contribution in [0.1, 0.15) is 25.2 Å². The maximum Gasteiger partial charge on any atom is 0.237 e. The van der Waals surface area contributed by atoms with Gasteiger partial charge in [-0.1, -0.05) is 47.1 Å². The second-order valence-corrected chi connectivity index (χ2v) is 8.37. The summed E-state index contributed by atoms with van der Waals surface area (Å²) >= 11 is 7.43. The smallest absolute Gasteiger partial charge is 0.237 e. The number of hydrogen-bond donors (Lipinski definition) is 2. The molecule has 1 amide bonds. The summed E-state index contributed by atoms with van der Waals surface area (Å²) in [4.78, 5) is 12.5. The number of aromatic nitrogens is 3. The lowest BCUT2D eigenvalue weighted by Gasteiger charge is -2.13. The molecule has 0 unspecified atom stereocenters. The van der Waals surface area contributed by atoms with Crippen molar-refractivity contribution in [2.75, 3.05) is 10.6 Å². The van der Waals surface area contributed by atoms with Crippen molar-refractivity contribution in [2.45, 2.75) is 44.3 Å². The molecule has 1 aromatic heterocycles. The van der Waals surface area contributed by atoms with Crippen LogP contribution >= 0.6 is 23.4 Å². The van der Waals surface area contributed by atoms with Gasteiger partial charge in [-0.05, 0) is 51.1 Å². The molecule has 1 heterocycles. The van der Waals surface area contributed by atoms with Crippen LogP contribution in [0.4, 0.5) is 11.4 Å². The van der Waals surface area contributed by atoms with Crippen LogP contribution < -0.4 is 10.6 Å². The predicted molar refractivity (Wildman–Crippen MR) is 120 cm³/mol. The summed E-state index contributed by atoms with van der Waals surface area (Å²) in [6.07, 6.45) is 0. The largest absolute Gasteiger partial charge is 0.378 e. The molecule has 0 aliphatic heterocycles. The fraction of sp³-hybridized carbons (Fsp3) is 0.286. The van der Waals surface area contributed by atoms with Crippen LogP contribution in [-0.2, 0) is 17.9 Å². The Morgan fingerprint density at radius 1 is 1.17 bits per heavy atom. The Kier molecular flexibility index (Phi) is 7.17. The standard InChI is InChI=1S/C21H24ClN5OS/c1-4-27-19(13-23-18-7-5-6-16(22)12-18)25-26-21(27)29-15(3)20(28)24-17-10-8-14(2)9-11-17/h5-12,15,23H,4,13H2,1-3H3,(H,24,28)/t15-/m0/s1. The van der Waals surface area contributed by atoms with E-state index in [1.54, 1.807) is 0 Å². The topological polar surface area (TPSA) is 71.8 Å². The first-order valence-electron chi connectivity index (χ1n) is 9.42. The molecule has 0 aliphatic carbocycles. The maximum atomic E-state index is 12.5. The molecule has 0 spiro atoms. The number of hydrogen-bond acceptors (Lipinski definition) is 5. The highest BCUT2D eigenvalue weighted by atomic mass is 35.5. The summed E-state index contributed by atoms with van der Waals surface area (Å²) in [6.45, 7) is 7.15. The Bertz CT molecular complexity index is 973. The van der Waals surface area contributed by atoms with Crippen LogP contribution in [0.3, 0.4) is 0 Å². The van der Waals surface area contributed by atoms with Crippen molar-refractivity contribution < 1.29 is 4.79 Å². The predicted octanol–water partition coefficient (Wildman–Crippen LogP) is 4.99. The zero-order valence-corrected chi connectivity index (χ0v) is 18.2. The number of benzene rings is 2. The lowest BCUT2D eigenvalue weighted by Crippen LogP contribution is -2.23. The van der Waals surface area contributed by atoms with Gasteiger partial charge in [0.05, 0.1) is 11.8 Å². The van der Waals surface area contributed by atoms with Crippen molar-refractivity contribution in [1.29, 1.82) is 0 Å². The minimum atomic E-state index is -0.306. The van der Waals surface area contributed by atoms with Gasteiger partial charge in [0.25, 0.3) is 0 Å². The molecule has 0 aliphatic rings. The van der Waals surface area contributed by atoms with Crippen molar-refractivity contribution in [1.82, 2.24) is 14.8 Å². The van der Waals surface area contributed by atoms with Gasteiger partial charge in [0.15, 0.2) is 11.0 Å². The summed E-state index contributed by atoms with van der Waals surface area (Å²) in [5.74, 6) is 0.740. The van der Waals surface area contributed by atoms with E-state index in [9.17, 15) is 4.79 Å². The number of rotatable bonds is 8. The number of carbonyl (C=O) groups is 1. The van der Waals surface area contributed by atoms with Crippen molar-refractivity contribution >= 4 is 40.6 Å². The number of aryl methyl sites for hydroxylation is 1. The molecule has 2 N–H and O–H groups in total. The van der Waals surface area contributed by atoms with Gasteiger partial charge in [0.1, 0.15) is 0 Å².